The molecule has 1 N–H and O–H groups in total. The zero-order valence-corrected chi connectivity index (χ0v) is 16.6. The zero-order chi connectivity index (χ0) is 18.1. The molecule has 0 radical (unpaired) electrons. The Morgan fingerprint density at radius 2 is 2.00 bits per heavy atom. The summed E-state index contributed by atoms with van der Waals surface area (Å²) in [6.07, 6.45) is 1.71. The summed E-state index contributed by atoms with van der Waals surface area (Å²) in [5, 5.41) is 6.04. The summed E-state index contributed by atoms with van der Waals surface area (Å²) in [6, 6.07) is 9.37. The highest BCUT2D eigenvalue weighted by atomic mass is 35.5. The van der Waals surface area contributed by atoms with Gasteiger partial charge in [-0.3, -0.25) is 15.1 Å². The van der Waals surface area contributed by atoms with Gasteiger partial charge in [-0.05, 0) is 31.2 Å². The summed E-state index contributed by atoms with van der Waals surface area (Å²) in [4.78, 5) is 27.3. The van der Waals surface area contributed by atoms with Crippen LogP contribution >= 0.6 is 45.6 Å². The van der Waals surface area contributed by atoms with Gasteiger partial charge in [0.15, 0.2) is 5.13 Å². The van der Waals surface area contributed by atoms with Gasteiger partial charge in [0.1, 0.15) is 15.6 Å². The van der Waals surface area contributed by atoms with E-state index in [9.17, 15) is 4.79 Å². The molecule has 0 saturated heterocycles. The topological polar surface area (TPSA) is 67.8 Å². The molecular formula is C17H11ClN4OS3. The van der Waals surface area contributed by atoms with Gasteiger partial charge in [-0.25, -0.2) is 9.97 Å². The van der Waals surface area contributed by atoms with Crippen LogP contribution in [0, 0.1) is 6.92 Å². The molecule has 1 amide bonds. The minimum Gasteiger partial charge on any atom is -0.297 e. The number of thiophene rings is 1. The lowest BCUT2D eigenvalue weighted by Crippen LogP contribution is -2.11. The van der Waals surface area contributed by atoms with Gasteiger partial charge in [0, 0.05) is 11.6 Å². The molecule has 9 heteroatoms. The van der Waals surface area contributed by atoms with E-state index in [-0.39, 0.29) is 5.91 Å². The summed E-state index contributed by atoms with van der Waals surface area (Å²) < 4.78 is 0.698. The Kier molecular flexibility index (Phi) is 4.82. The van der Waals surface area contributed by atoms with Crippen molar-refractivity contribution in [3.63, 3.8) is 0 Å². The lowest BCUT2D eigenvalue weighted by Gasteiger charge is -1.99. The molecule has 0 saturated carbocycles. The maximum Gasteiger partial charge on any atom is 0.269 e. The number of carbonyl (C=O) groups excluding carboxylic acids is 1. The first-order valence-corrected chi connectivity index (χ1v) is 10.4. The maximum absolute atomic E-state index is 12.6. The smallest absolute Gasteiger partial charge is 0.269 e. The fourth-order valence-electron chi connectivity index (χ4n) is 2.26. The summed E-state index contributed by atoms with van der Waals surface area (Å²) in [5.74, 6) is -0.212. The second-order valence-electron chi connectivity index (χ2n) is 5.24. The number of aryl methyl sites for hydroxylation is 1. The number of halogens is 1. The van der Waals surface area contributed by atoms with Crippen molar-refractivity contribution in [2.75, 3.05) is 5.32 Å². The number of anilines is 1. The van der Waals surface area contributed by atoms with Crippen LogP contribution < -0.4 is 5.32 Å². The first kappa shape index (κ1) is 17.3. The van der Waals surface area contributed by atoms with Crippen LogP contribution in [0.15, 0.2) is 41.9 Å². The molecule has 0 aromatic carbocycles. The van der Waals surface area contributed by atoms with Crippen LogP contribution in [-0.2, 0) is 0 Å². The number of pyridine rings is 1. The van der Waals surface area contributed by atoms with Gasteiger partial charge < -0.3 is 0 Å². The van der Waals surface area contributed by atoms with E-state index in [0.717, 1.165) is 21.3 Å². The van der Waals surface area contributed by atoms with Crippen molar-refractivity contribution in [1.29, 1.82) is 0 Å². The van der Waals surface area contributed by atoms with Gasteiger partial charge in [-0.1, -0.05) is 17.7 Å². The predicted molar refractivity (Wildman–Crippen MR) is 108 cm³/mol. The fraction of sp³-hybridized carbons (Fsp3) is 0.0588. The second kappa shape index (κ2) is 7.24. The molecule has 26 heavy (non-hydrogen) atoms. The Balaban J connectivity index is 1.54. The number of thiazole rings is 2. The van der Waals surface area contributed by atoms with Crippen LogP contribution in [0.1, 0.15) is 15.4 Å². The average molecular weight is 419 g/mol. The maximum atomic E-state index is 12.6. The largest absolute Gasteiger partial charge is 0.297 e. The van der Waals surface area contributed by atoms with Crippen LogP contribution in [0.4, 0.5) is 5.13 Å². The fourth-order valence-corrected chi connectivity index (χ4v) is 5.02. The van der Waals surface area contributed by atoms with Crippen molar-refractivity contribution in [3.8, 4) is 21.3 Å². The van der Waals surface area contributed by atoms with E-state index in [1.54, 1.807) is 6.20 Å². The van der Waals surface area contributed by atoms with Gasteiger partial charge in [0.05, 0.1) is 20.6 Å². The Hall–Kier alpha value is -2.13. The molecule has 130 valence electrons. The summed E-state index contributed by atoms with van der Waals surface area (Å²) >= 11 is 10.1. The van der Waals surface area contributed by atoms with Crippen LogP contribution in [0.25, 0.3) is 21.3 Å². The summed E-state index contributed by atoms with van der Waals surface area (Å²) in [5.41, 5.74) is 2.20. The van der Waals surface area contributed by atoms with Crippen LogP contribution in [0.5, 0.6) is 0 Å². The number of aromatic nitrogens is 3. The minimum atomic E-state index is -0.212. The quantitative estimate of drug-likeness (QED) is 0.468. The molecule has 4 aromatic rings. The number of carbonyl (C=O) groups is 1. The van der Waals surface area contributed by atoms with Crippen molar-refractivity contribution in [2.45, 2.75) is 6.92 Å². The molecule has 0 fully saturated rings. The van der Waals surface area contributed by atoms with E-state index in [4.69, 9.17) is 11.6 Å². The summed E-state index contributed by atoms with van der Waals surface area (Å²) in [7, 11) is 0. The molecule has 0 spiro atoms. The third kappa shape index (κ3) is 3.54. The zero-order valence-electron chi connectivity index (χ0n) is 13.4. The predicted octanol–water partition coefficient (Wildman–Crippen LogP) is 5.60. The molecule has 4 aromatic heterocycles. The number of hydrogen-bond donors (Lipinski definition) is 1. The van der Waals surface area contributed by atoms with Gasteiger partial charge in [0.25, 0.3) is 5.91 Å². The van der Waals surface area contributed by atoms with Gasteiger partial charge in [0.2, 0.25) is 0 Å². The molecule has 4 heterocycles. The minimum absolute atomic E-state index is 0.212. The van der Waals surface area contributed by atoms with Crippen molar-refractivity contribution in [1.82, 2.24) is 15.0 Å². The highest BCUT2D eigenvalue weighted by molar-refractivity contribution is 7.24. The lowest BCUT2D eigenvalue weighted by atomic mass is 10.3. The van der Waals surface area contributed by atoms with Crippen LogP contribution in [0.2, 0.25) is 4.34 Å². The Bertz CT molecular complexity index is 1070. The molecule has 0 bridgehead atoms. The van der Waals surface area contributed by atoms with E-state index < -0.39 is 0 Å². The van der Waals surface area contributed by atoms with Crippen molar-refractivity contribution >= 4 is 56.7 Å². The molecule has 5 nitrogen and oxygen atoms in total. The molecule has 4 rings (SSSR count). The van der Waals surface area contributed by atoms with E-state index in [0.29, 0.717) is 20.0 Å². The molecule has 0 atom stereocenters. The Morgan fingerprint density at radius 1 is 1.12 bits per heavy atom. The molecule has 0 unspecified atom stereocenters. The molecule has 0 aliphatic carbocycles. The lowest BCUT2D eigenvalue weighted by molar-refractivity contribution is 0.103. The van der Waals surface area contributed by atoms with E-state index in [2.05, 4.69) is 20.3 Å². The SMILES string of the molecule is Cc1nc(-c2ccc(Cl)s2)sc1C(=O)Nc1nc(-c2ccccn2)cs1. The van der Waals surface area contributed by atoms with Crippen molar-refractivity contribution < 1.29 is 4.79 Å². The Labute approximate surface area is 166 Å². The third-order valence-electron chi connectivity index (χ3n) is 3.44. The number of nitrogens with zero attached hydrogens (tertiary/aromatic N) is 3. The normalized spacial score (nSPS) is 10.8. The highest BCUT2D eigenvalue weighted by Crippen LogP contribution is 2.35. The van der Waals surface area contributed by atoms with E-state index in [1.807, 2.05) is 42.6 Å². The van der Waals surface area contributed by atoms with Gasteiger partial charge in [-0.2, -0.15) is 0 Å². The summed E-state index contributed by atoms with van der Waals surface area (Å²) in [6.45, 7) is 1.82. The van der Waals surface area contributed by atoms with E-state index >= 15 is 0 Å². The number of nitrogens with one attached hydrogen (secondary N) is 1. The first-order valence-electron chi connectivity index (χ1n) is 7.51. The van der Waals surface area contributed by atoms with Gasteiger partial charge in [-0.15, -0.1) is 34.0 Å². The molecule has 0 aliphatic rings. The van der Waals surface area contributed by atoms with E-state index in [1.165, 1.54) is 34.0 Å². The number of amides is 1. The van der Waals surface area contributed by atoms with Gasteiger partial charge >= 0.3 is 0 Å². The second-order valence-corrected chi connectivity index (χ2v) is 8.82. The standard InChI is InChI=1S/C17H11ClN4OS3/c1-9-14(26-16(20-9)12-5-6-13(18)25-12)15(23)22-17-21-11(8-24-17)10-4-2-3-7-19-10/h2-8H,1H3,(H,21,22,23). The molecule has 0 aliphatic heterocycles. The van der Waals surface area contributed by atoms with Crippen LogP contribution in [-0.4, -0.2) is 20.9 Å². The first-order chi connectivity index (χ1) is 12.6. The highest BCUT2D eigenvalue weighted by Gasteiger charge is 2.18. The number of rotatable bonds is 4. The van der Waals surface area contributed by atoms with Crippen molar-refractivity contribution in [3.05, 3.63) is 56.8 Å². The Morgan fingerprint density at radius 3 is 2.73 bits per heavy atom. The third-order valence-corrected chi connectivity index (χ3v) is 6.75. The molecular weight excluding hydrogens is 408 g/mol. The van der Waals surface area contributed by atoms with Crippen molar-refractivity contribution in [2.24, 2.45) is 0 Å². The monoisotopic (exact) mass is 418 g/mol. The average Bonchev–Trinajstić information content (AvgIpc) is 3.36. The number of hydrogen-bond acceptors (Lipinski definition) is 7. The van der Waals surface area contributed by atoms with Crippen LogP contribution in [0.3, 0.4) is 0 Å².